The van der Waals surface area contributed by atoms with E-state index in [0.29, 0.717) is 13.1 Å². The molecule has 0 aromatic heterocycles. The van der Waals surface area contributed by atoms with Gasteiger partial charge in [0.25, 0.3) is 0 Å². The van der Waals surface area contributed by atoms with Crippen molar-refractivity contribution < 1.29 is 12.9 Å². The molecule has 4 nitrogen and oxygen atoms in total. The second-order valence-corrected chi connectivity index (χ2v) is 5.70. The first-order chi connectivity index (χ1) is 10.2. The second-order valence-electron chi connectivity index (χ2n) is 5.10. The second kappa shape index (κ2) is 6.49. The Morgan fingerprint density at radius 1 is 1.00 bits per heavy atom. The van der Waals surface area contributed by atoms with Crippen LogP contribution in [0.2, 0.25) is 0 Å². The molecule has 0 radical (unpaired) electrons. The normalized spacial score (nSPS) is 17.6. The van der Waals surface area contributed by atoms with Crippen LogP contribution in [0, 0.1) is 0 Å². The van der Waals surface area contributed by atoms with Gasteiger partial charge in [-0.1, -0.05) is 60.7 Å². The third-order valence-electron chi connectivity index (χ3n) is 3.69. The molecule has 0 N–H and O–H groups in total. The Labute approximate surface area is 126 Å². The summed E-state index contributed by atoms with van der Waals surface area (Å²) in [7, 11) is 0. The molecule has 1 saturated heterocycles. The van der Waals surface area contributed by atoms with Crippen LogP contribution in [0.3, 0.4) is 0 Å². The van der Waals surface area contributed by atoms with Gasteiger partial charge in [-0.3, -0.25) is 9.08 Å². The van der Waals surface area contributed by atoms with Crippen molar-refractivity contribution in [3.05, 3.63) is 71.8 Å². The molecule has 1 atom stereocenters. The number of hydrogen-bond donors (Lipinski definition) is 0. The van der Waals surface area contributed by atoms with Crippen molar-refractivity contribution in [2.24, 2.45) is 0 Å². The fourth-order valence-electron chi connectivity index (χ4n) is 2.74. The molecule has 21 heavy (non-hydrogen) atoms. The van der Waals surface area contributed by atoms with Crippen molar-refractivity contribution >= 4 is 11.4 Å². The molecule has 110 valence electrons. The van der Waals surface area contributed by atoms with Gasteiger partial charge in [-0.05, 0) is 11.1 Å². The lowest BCUT2D eigenvalue weighted by Crippen LogP contribution is -2.53. The minimum absolute atomic E-state index is 0.132. The van der Waals surface area contributed by atoms with E-state index in [-0.39, 0.29) is 12.1 Å². The van der Waals surface area contributed by atoms with Gasteiger partial charge >= 0.3 is 0 Å². The smallest absolute Gasteiger partial charge is 0.0991 e. The standard InChI is InChI=1S/C16H17NO3S/c18-21(19)20-15-11-17(12-15)16(13-7-3-1-4-8-13)14-9-5-2-6-10-14/h1-10,15-16H,11-12H2,(H,18,19)/p-1. The highest BCUT2D eigenvalue weighted by Gasteiger charge is 2.34. The summed E-state index contributed by atoms with van der Waals surface area (Å²) >= 11 is -2.44. The van der Waals surface area contributed by atoms with Gasteiger partial charge in [0.15, 0.2) is 0 Å². The average molecular weight is 302 g/mol. The zero-order valence-electron chi connectivity index (χ0n) is 11.4. The lowest BCUT2D eigenvalue weighted by molar-refractivity contribution is 0.00278. The monoisotopic (exact) mass is 302 g/mol. The van der Waals surface area contributed by atoms with Gasteiger partial charge in [0.05, 0.1) is 23.5 Å². The van der Waals surface area contributed by atoms with Crippen molar-refractivity contribution in [2.45, 2.75) is 12.1 Å². The highest BCUT2D eigenvalue weighted by atomic mass is 32.2. The number of hydrogen-bond acceptors (Lipinski definition) is 4. The van der Waals surface area contributed by atoms with Crippen molar-refractivity contribution in [1.29, 1.82) is 0 Å². The maximum absolute atomic E-state index is 10.6. The molecule has 1 heterocycles. The number of rotatable bonds is 5. The Bertz CT molecular complexity index is 560. The predicted molar refractivity (Wildman–Crippen MR) is 80.1 cm³/mol. The Balaban J connectivity index is 1.80. The first-order valence-corrected chi connectivity index (χ1v) is 7.84. The summed E-state index contributed by atoms with van der Waals surface area (Å²) in [6.45, 7) is 1.23. The quantitative estimate of drug-likeness (QED) is 0.795. The van der Waals surface area contributed by atoms with Gasteiger partial charge in [-0.25, -0.2) is 4.21 Å². The Hall–Kier alpha value is -1.53. The van der Waals surface area contributed by atoms with E-state index in [0.717, 1.165) is 0 Å². The molecule has 0 saturated carbocycles. The van der Waals surface area contributed by atoms with E-state index in [9.17, 15) is 8.76 Å². The molecule has 5 heteroatoms. The Morgan fingerprint density at radius 2 is 1.48 bits per heavy atom. The molecule has 0 bridgehead atoms. The van der Waals surface area contributed by atoms with Crippen LogP contribution in [0.25, 0.3) is 0 Å². The fraction of sp³-hybridized carbons (Fsp3) is 0.250. The number of nitrogens with zero attached hydrogens (tertiary/aromatic N) is 1. The van der Waals surface area contributed by atoms with Crippen molar-refractivity contribution in [2.75, 3.05) is 13.1 Å². The van der Waals surface area contributed by atoms with Crippen LogP contribution in [0.1, 0.15) is 17.2 Å². The van der Waals surface area contributed by atoms with Crippen LogP contribution < -0.4 is 0 Å². The van der Waals surface area contributed by atoms with E-state index < -0.39 is 11.4 Å². The molecule has 3 rings (SSSR count). The van der Waals surface area contributed by atoms with E-state index >= 15 is 0 Å². The maximum atomic E-state index is 10.6. The topological polar surface area (TPSA) is 52.6 Å². The SMILES string of the molecule is O=S([O-])OC1CN(C(c2ccccc2)c2ccccc2)C1. The van der Waals surface area contributed by atoms with Crippen molar-refractivity contribution in [3.63, 3.8) is 0 Å². The van der Waals surface area contributed by atoms with Crippen LogP contribution in [0.15, 0.2) is 60.7 Å². The Kier molecular flexibility index (Phi) is 4.45. The maximum Gasteiger partial charge on any atom is 0.0991 e. The van der Waals surface area contributed by atoms with Crippen molar-refractivity contribution in [3.8, 4) is 0 Å². The molecular weight excluding hydrogens is 286 g/mol. The molecule has 0 aliphatic carbocycles. The summed E-state index contributed by atoms with van der Waals surface area (Å²) in [5.74, 6) is 0. The number of benzene rings is 2. The summed E-state index contributed by atoms with van der Waals surface area (Å²) in [5.41, 5.74) is 2.40. The van der Waals surface area contributed by atoms with Gasteiger partial charge in [-0.15, -0.1) is 0 Å². The molecule has 0 amide bonds. The Morgan fingerprint density at radius 3 is 1.90 bits per heavy atom. The van der Waals surface area contributed by atoms with E-state index in [2.05, 4.69) is 29.2 Å². The molecule has 1 fully saturated rings. The molecule has 0 spiro atoms. The van der Waals surface area contributed by atoms with Crippen LogP contribution in [-0.2, 0) is 15.5 Å². The van der Waals surface area contributed by atoms with Gasteiger partial charge in [-0.2, -0.15) is 0 Å². The first-order valence-electron chi connectivity index (χ1n) is 6.84. The zero-order valence-corrected chi connectivity index (χ0v) is 12.2. The van der Waals surface area contributed by atoms with E-state index in [1.165, 1.54) is 11.1 Å². The molecule has 1 unspecified atom stereocenters. The summed E-state index contributed by atoms with van der Waals surface area (Å²) in [4.78, 5) is 2.22. The van der Waals surface area contributed by atoms with E-state index in [1.54, 1.807) is 0 Å². The molecule has 1 aliphatic rings. The van der Waals surface area contributed by atoms with Crippen LogP contribution in [0.5, 0.6) is 0 Å². The minimum Gasteiger partial charge on any atom is -0.750 e. The van der Waals surface area contributed by atoms with Crippen LogP contribution in [-0.4, -0.2) is 32.9 Å². The average Bonchev–Trinajstić information content (AvgIpc) is 2.47. The predicted octanol–water partition coefficient (Wildman–Crippen LogP) is 2.27. The summed E-state index contributed by atoms with van der Waals surface area (Å²) in [6, 6.07) is 20.6. The molecule has 2 aromatic rings. The highest BCUT2D eigenvalue weighted by molar-refractivity contribution is 7.74. The lowest BCUT2D eigenvalue weighted by Gasteiger charge is -2.44. The molecule has 1 aliphatic heterocycles. The van der Waals surface area contributed by atoms with E-state index in [1.807, 2.05) is 36.4 Å². The highest BCUT2D eigenvalue weighted by Crippen LogP contribution is 2.32. The summed E-state index contributed by atoms with van der Waals surface area (Å²) in [5, 5.41) is 0. The van der Waals surface area contributed by atoms with E-state index in [4.69, 9.17) is 4.18 Å². The summed E-state index contributed by atoms with van der Waals surface area (Å²) < 4.78 is 26.0. The fourth-order valence-corrected chi connectivity index (χ4v) is 3.08. The summed E-state index contributed by atoms with van der Waals surface area (Å²) in [6.07, 6.45) is -0.238. The van der Waals surface area contributed by atoms with Gasteiger partial charge in [0.2, 0.25) is 0 Å². The van der Waals surface area contributed by atoms with Crippen molar-refractivity contribution in [1.82, 2.24) is 4.90 Å². The number of likely N-dealkylation sites (tertiary alicyclic amines) is 1. The molecular formula is C16H16NO3S-. The third-order valence-corrected chi connectivity index (χ3v) is 4.12. The molecule has 2 aromatic carbocycles. The van der Waals surface area contributed by atoms with Crippen LogP contribution in [0.4, 0.5) is 0 Å². The largest absolute Gasteiger partial charge is 0.750 e. The lowest BCUT2D eigenvalue weighted by atomic mass is 9.94. The van der Waals surface area contributed by atoms with Gasteiger partial charge in [0, 0.05) is 13.1 Å². The van der Waals surface area contributed by atoms with Crippen LogP contribution >= 0.6 is 0 Å². The third kappa shape index (κ3) is 3.39. The zero-order chi connectivity index (χ0) is 14.7. The van der Waals surface area contributed by atoms with Gasteiger partial charge < -0.3 is 4.55 Å². The first kappa shape index (κ1) is 14.4. The van der Waals surface area contributed by atoms with Gasteiger partial charge in [0.1, 0.15) is 0 Å². The minimum atomic E-state index is -2.44.